The fourth-order valence-corrected chi connectivity index (χ4v) is 5.04. The standard InChI is InChI=1S/C40H56N2O5/c1-4-7-10-11-12-13-14-17-26-45-34-22-23-37(41-30-32-18-20-35(28-39(32)43)46-24-15-8-5-2)38(27-34)42-31-33-19-21-36(29-40(33)44)47-25-16-9-6-3/h18-23,27-31,43-44H,4-17,24-26H2,1-3H3. The van der Waals surface area contributed by atoms with Gasteiger partial charge in [-0.05, 0) is 55.7 Å². The molecule has 0 atom stereocenters. The molecule has 0 amide bonds. The zero-order valence-corrected chi connectivity index (χ0v) is 28.9. The van der Waals surface area contributed by atoms with Crippen molar-refractivity contribution in [1.29, 1.82) is 0 Å². The highest BCUT2D eigenvalue weighted by molar-refractivity contribution is 5.90. The first kappa shape index (κ1) is 37.5. The smallest absolute Gasteiger partial charge is 0.128 e. The Bertz CT molecular complexity index is 1370. The van der Waals surface area contributed by atoms with Crippen LogP contribution in [0.3, 0.4) is 0 Å². The lowest BCUT2D eigenvalue weighted by atomic mass is 10.1. The minimum absolute atomic E-state index is 0.0933. The molecule has 0 fully saturated rings. The second kappa shape index (κ2) is 22.5. The number of hydrogen-bond acceptors (Lipinski definition) is 7. The minimum Gasteiger partial charge on any atom is -0.507 e. The molecule has 0 heterocycles. The second-order valence-electron chi connectivity index (χ2n) is 12.0. The summed E-state index contributed by atoms with van der Waals surface area (Å²) in [5.41, 5.74) is 2.33. The summed E-state index contributed by atoms with van der Waals surface area (Å²) in [6, 6.07) is 16.1. The van der Waals surface area contributed by atoms with E-state index in [1.165, 1.54) is 38.5 Å². The first-order valence-electron chi connectivity index (χ1n) is 17.8. The van der Waals surface area contributed by atoms with Crippen molar-refractivity contribution in [1.82, 2.24) is 0 Å². The van der Waals surface area contributed by atoms with Crippen LogP contribution in [0.4, 0.5) is 11.4 Å². The Labute approximate surface area is 282 Å². The maximum Gasteiger partial charge on any atom is 0.128 e. The van der Waals surface area contributed by atoms with E-state index in [0.717, 1.165) is 51.4 Å². The quantitative estimate of drug-likeness (QED) is 0.0747. The Morgan fingerprint density at radius 1 is 0.468 bits per heavy atom. The molecule has 0 aliphatic heterocycles. The number of nitrogens with zero attached hydrogens (tertiary/aromatic N) is 2. The van der Waals surface area contributed by atoms with Crippen molar-refractivity contribution in [2.45, 2.75) is 111 Å². The van der Waals surface area contributed by atoms with Crippen LogP contribution in [0, 0.1) is 0 Å². The fraction of sp³-hybridized carbons (Fsp3) is 0.500. The Hall–Kier alpha value is -4.00. The van der Waals surface area contributed by atoms with E-state index in [4.69, 9.17) is 19.2 Å². The van der Waals surface area contributed by atoms with Gasteiger partial charge in [-0.3, -0.25) is 9.98 Å². The number of aliphatic imine (C=N–C) groups is 2. The Morgan fingerprint density at radius 3 is 1.34 bits per heavy atom. The molecule has 0 saturated heterocycles. The van der Waals surface area contributed by atoms with E-state index in [9.17, 15) is 10.2 Å². The van der Waals surface area contributed by atoms with Gasteiger partial charge in [0.25, 0.3) is 0 Å². The van der Waals surface area contributed by atoms with Crippen LogP contribution in [0.1, 0.15) is 122 Å². The van der Waals surface area contributed by atoms with E-state index < -0.39 is 0 Å². The average Bonchev–Trinajstić information content (AvgIpc) is 3.07. The van der Waals surface area contributed by atoms with Gasteiger partial charge in [-0.15, -0.1) is 0 Å². The lowest BCUT2D eigenvalue weighted by molar-refractivity contribution is 0.304. The summed E-state index contributed by atoms with van der Waals surface area (Å²) in [7, 11) is 0. The molecule has 0 spiro atoms. The predicted octanol–water partition coefficient (Wildman–Crippen LogP) is 11.3. The van der Waals surface area contributed by atoms with E-state index >= 15 is 0 Å². The van der Waals surface area contributed by atoms with Gasteiger partial charge < -0.3 is 24.4 Å². The highest BCUT2D eigenvalue weighted by atomic mass is 16.5. The van der Waals surface area contributed by atoms with E-state index in [1.54, 1.807) is 36.7 Å². The van der Waals surface area contributed by atoms with Gasteiger partial charge in [0.1, 0.15) is 28.7 Å². The van der Waals surface area contributed by atoms with E-state index in [0.29, 0.717) is 59.6 Å². The third-order valence-electron chi connectivity index (χ3n) is 7.94. The van der Waals surface area contributed by atoms with Crippen molar-refractivity contribution in [3.05, 3.63) is 65.7 Å². The van der Waals surface area contributed by atoms with E-state index in [1.807, 2.05) is 30.3 Å². The average molecular weight is 645 g/mol. The van der Waals surface area contributed by atoms with Crippen LogP contribution in [-0.4, -0.2) is 42.5 Å². The first-order chi connectivity index (χ1) is 23.0. The molecule has 0 saturated carbocycles. The van der Waals surface area contributed by atoms with Crippen molar-refractivity contribution in [3.8, 4) is 28.7 Å². The Balaban J connectivity index is 1.71. The van der Waals surface area contributed by atoms with Crippen LogP contribution in [0.15, 0.2) is 64.6 Å². The van der Waals surface area contributed by atoms with Crippen LogP contribution in [0.2, 0.25) is 0 Å². The molecule has 3 aromatic rings. The lowest BCUT2D eigenvalue weighted by Crippen LogP contribution is -1.97. The van der Waals surface area contributed by atoms with Gasteiger partial charge in [-0.1, -0.05) is 91.4 Å². The highest BCUT2D eigenvalue weighted by Crippen LogP contribution is 2.34. The highest BCUT2D eigenvalue weighted by Gasteiger charge is 2.07. The van der Waals surface area contributed by atoms with Gasteiger partial charge in [0, 0.05) is 41.8 Å². The van der Waals surface area contributed by atoms with Crippen molar-refractivity contribution in [3.63, 3.8) is 0 Å². The number of ether oxygens (including phenoxy) is 3. The summed E-state index contributed by atoms with van der Waals surface area (Å²) in [4.78, 5) is 9.37. The van der Waals surface area contributed by atoms with Gasteiger partial charge in [-0.2, -0.15) is 0 Å². The molecule has 0 aliphatic carbocycles. The van der Waals surface area contributed by atoms with Crippen LogP contribution in [0.25, 0.3) is 0 Å². The molecule has 7 heteroatoms. The van der Waals surface area contributed by atoms with Crippen LogP contribution in [-0.2, 0) is 0 Å². The normalized spacial score (nSPS) is 11.5. The molecule has 2 N–H and O–H groups in total. The summed E-state index contributed by atoms with van der Waals surface area (Å²) in [5, 5.41) is 21.3. The third-order valence-corrected chi connectivity index (χ3v) is 7.94. The number of phenolic OH excluding ortho intramolecular Hbond substituents is 2. The van der Waals surface area contributed by atoms with Gasteiger partial charge in [-0.25, -0.2) is 0 Å². The molecule has 47 heavy (non-hydrogen) atoms. The molecule has 0 bridgehead atoms. The summed E-state index contributed by atoms with van der Waals surface area (Å²) in [6.07, 6.45) is 19.6. The van der Waals surface area contributed by atoms with Crippen molar-refractivity contribution in [2.24, 2.45) is 9.98 Å². The van der Waals surface area contributed by atoms with Crippen LogP contribution < -0.4 is 14.2 Å². The molecule has 0 aromatic heterocycles. The zero-order valence-electron chi connectivity index (χ0n) is 28.9. The second-order valence-corrected chi connectivity index (χ2v) is 12.0. The van der Waals surface area contributed by atoms with Gasteiger partial charge in [0.15, 0.2) is 0 Å². The first-order valence-corrected chi connectivity index (χ1v) is 17.8. The van der Waals surface area contributed by atoms with Gasteiger partial charge >= 0.3 is 0 Å². The van der Waals surface area contributed by atoms with Gasteiger partial charge in [0.05, 0.1) is 31.2 Å². The molecule has 7 nitrogen and oxygen atoms in total. The summed E-state index contributed by atoms with van der Waals surface area (Å²) >= 11 is 0. The topological polar surface area (TPSA) is 92.9 Å². The fourth-order valence-electron chi connectivity index (χ4n) is 5.04. The third kappa shape index (κ3) is 14.5. The number of rotatable bonds is 24. The predicted molar refractivity (Wildman–Crippen MR) is 195 cm³/mol. The van der Waals surface area contributed by atoms with Crippen molar-refractivity contribution < 1.29 is 24.4 Å². The Kier molecular flexibility index (Phi) is 17.9. The minimum atomic E-state index is 0.0933. The summed E-state index contributed by atoms with van der Waals surface area (Å²) in [6.45, 7) is 8.44. The molecule has 3 aromatic carbocycles. The number of phenols is 2. The molecule has 0 radical (unpaired) electrons. The van der Waals surface area contributed by atoms with E-state index in [-0.39, 0.29) is 11.5 Å². The number of aromatic hydroxyl groups is 2. The zero-order chi connectivity index (χ0) is 33.5. The van der Waals surface area contributed by atoms with Crippen molar-refractivity contribution >= 4 is 23.8 Å². The molecular weight excluding hydrogens is 588 g/mol. The number of unbranched alkanes of at least 4 members (excludes halogenated alkanes) is 11. The maximum absolute atomic E-state index is 10.7. The van der Waals surface area contributed by atoms with Crippen LogP contribution >= 0.6 is 0 Å². The monoisotopic (exact) mass is 644 g/mol. The summed E-state index contributed by atoms with van der Waals surface area (Å²) in [5.74, 6) is 2.17. The molecular formula is C40H56N2O5. The number of hydrogen-bond donors (Lipinski definition) is 2. The number of benzene rings is 3. The lowest BCUT2D eigenvalue weighted by Gasteiger charge is -2.10. The van der Waals surface area contributed by atoms with Crippen LogP contribution in [0.5, 0.6) is 28.7 Å². The molecule has 256 valence electrons. The molecule has 3 rings (SSSR count). The summed E-state index contributed by atoms with van der Waals surface area (Å²) < 4.78 is 17.6. The molecule has 0 aliphatic rings. The van der Waals surface area contributed by atoms with E-state index in [2.05, 4.69) is 25.8 Å². The molecule has 0 unspecified atom stereocenters. The Morgan fingerprint density at radius 2 is 0.851 bits per heavy atom. The maximum atomic E-state index is 10.7. The SMILES string of the molecule is CCCCCCCCCCOc1ccc(N=Cc2ccc(OCCCCC)cc2O)c(N=Cc2ccc(OCCCCC)cc2O)c1. The van der Waals surface area contributed by atoms with Crippen molar-refractivity contribution in [2.75, 3.05) is 19.8 Å². The van der Waals surface area contributed by atoms with Gasteiger partial charge in [0.2, 0.25) is 0 Å². The largest absolute Gasteiger partial charge is 0.507 e.